The second-order valence-electron chi connectivity index (χ2n) is 7.52. The lowest BCUT2D eigenvalue weighted by atomic mass is 9.94. The number of H-pyrrole nitrogens is 1. The van der Waals surface area contributed by atoms with Crippen LogP contribution in [0.25, 0.3) is 10.9 Å². The molecule has 0 spiro atoms. The van der Waals surface area contributed by atoms with Gasteiger partial charge in [0, 0.05) is 40.8 Å². The van der Waals surface area contributed by atoms with E-state index in [-0.39, 0.29) is 17.8 Å². The van der Waals surface area contributed by atoms with Crippen LogP contribution in [0.4, 0.5) is 4.39 Å². The van der Waals surface area contributed by atoms with Crippen molar-refractivity contribution in [1.82, 2.24) is 15.6 Å². The molecule has 1 amide bonds. The molecule has 6 heteroatoms. The molecule has 1 aromatic heterocycles. The molecule has 3 aromatic rings. The van der Waals surface area contributed by atoms with E-state index in [1.54, 1.807) is 12.1 Å². The Hall–Kier alpha value is -2.86. The Bertz CT molecular complexity index is 1060. The van der Waals surface area contributed by atoms with E-state index in [1.807, 2.05) is 18.3 Å². The van der Waals surface area contributed by atoms with Crippen molar-refractivity contribution in [3.63, 3.8) is 0 Å². The Balaban J connectivity index is 1.19. The number of fused-ring (bicyclic) bond motifs is 4. The molecular formula is C22H22FN3O2. The fourth-order valence-electron chi connectivity index (χ4n) is 4.28. The Kier molecular flexibility index (Phi) is 4.28. The Labute approximate surface area is 162 Å². The molecule has 2 aromatic carbocycles. The van der Waals surface area contributed by atoms with Crippen LogP contribution in [0.5, 0.6) is 5.75 Å². The molecule has 0 saturated heterocycles. The number of nitrogens with one attached hydrogen (secondary N) is 3. The van der Waals surface area contributed by atoms with Crippen molar-refractivity contribution < 1.29 is 13.9 Å². The lowest BCUT2D eigenvalue weighted by Gasteiger charge is -2.27. The smallest absolute Gasteiger partial charge is 0.251 e. The van der Waals surface area contributed by atoms with Crippen molar-refractivity contribution in [2.45, 2.75) is 31.8 Å². The predicted octanol–water partition coefficient (Wildman–Crippen LogP) is 3.08. The van der Waals surface area contributed by atoms with E-state index in [9.17, 15) is 9.18 Å². The number of aryl methyl sites for hydroxylation is 1. The van der Waals surface area contributed by atoms with Gasteiger partial charge in [0.1, 0.15) is 18.2 Å². The average molecular weight is 379 g/mol. The highest BCUT2D eigenvalue weighted by atomic mass is 19.1. The first-order valence-electron chi connectivity index (χ1n) is 9.73. The molecule has 5 rings (SSSR count). The Morgan fingerprint density at radius 3 is 3.07 bits per heavy atom. The molecular weight excluding hydrogens is 357 g/mol. The van der Waals surface area contributed by atoms with Crippen LogP contribution >= 0.6 is 0 Å². The van der Waals surface area contributed by atoms with Gasteiger partial charge in [0.2, 0.25) is 0 Å². The first kappa shape index (κ1) is 17.3. The summed E-state index contributed by atoms with van der Waals surface area (Å²) in [6.45, 7) is 2.08. The molecule has 3 heterocycles. The zero-order valence-corrected chi connectivity index (χ0v) is 15.5. The van der Waals surface area contributed by atoms with Gasteiger partial charge < -0.3 is 20.4 Å². The molecule has 0 fully saturated rings. The van der Waals surface area contributed by atoms with Gasteiger partial charge in [0.15, 0.2) is 0 Å². The van der Waals surface area contributed by atoms with Crippen LogP contribution in [0, 0.1) is 5.82 Å². The average Bonchev–Trinajstić information content (AvgIpc) is 3.28. The summed E-state index contributed by atoms with van der Waals surface area (Å²) in [7, 11) is 0. The summed E-state index contributed by atoms with van der Waals surface area (Å²) < 4.78 is 19.4. The largest absolute Gasteiger partial charge is 0.492 e. The van der Waals surface area contributed by atoms with Crippen LogP contribution in [-0.4, -0.2) is 30.1 Å². The SMILES string of the molecule is O=C1NCc2c1ccc1c2C[C@H](NCCCc2c[nH]c3ccc(F)cc23)CO1. The minimum absolute atomic E-state index is 0.00282. The van der Waals surface area contributed by atoms with Crippen molar-refractivity contribution in [2.75, 3.05) is 13.2 Å². The first-order valence-corrected chi connectivity index (χ1v) is 9.73. The molecule has 1 atom stereocenters. The van der Waals surface area contributed by atoms with E-state index in [2.05, 4.69) is 15.6 Å². The van der Waals surface area contributed by atoms with Crippen LogP contribution in [0.15, 0.2) is 36.5 Å². The van der Waals surface area contributed by atoms with Gasteiger partial charge in [0.25, 0.3) is 5.91 Å². The van der Waals surface area contributed by atoms with Gasteiger partial charge in [0.05, 0.1) is 0 Å². The van der Waals surface area contributed by atoms with Crippen molar-refractivity contribution in [1.29, 1.82) is 0 Å². The fraction of sp³-hybridized carbons (Fsp3) is 0.318. The predicted molar refractivity (Wildman–Crippen MR) is 105 cm³/mol. The van der Waals surface area contributed by atoms with Crippen molar-refractivity contribution in [3.8, 4) is 5.75 Å². The Morgan fingerprint density at radius 2 is 2.14 bits per heavy atom. The summed E-state index contributed by atoms with van der Waals surface area (Å²) in [5, 5.41) is 7.42. The highest BCUT2D eigenvalue weighted by Gasteiger charge is 2.28. The minimum Gasteiger partial charge on any atom is -0.492 e. The lowest BCUT2D eigenvalue weighted by molar-refractivity contribution is 0.0965. The molecule has 2 aliphatic heterocycles. The third kappa shape index (κ3) is 3.03. The van der Waals surface area contributed by atoms with E-state index < -0.39 is 0 Å². The second kappa shape index (κ2) is 6.95. The van der Waals surface area contributed by atoms with E-state index in [4.69, 9.17) is 4.74 Å². The number of carbonyl (C=O) groups is 1. The van der Waals surface area contributed by atoms with Gasteiger partial charge in [-0.2, -0.15) is 0 Å². The van der Waals surface area contributed by atoms with Crippen molar-refractivity contribution >= 4 is 16.8 Å². The quantitative estimate of drug-likeness (QED) is 0.597. The molecule has 28 heavy (non-hydrogen) atoms. The normalized spacial score (nSPS) is 17.9. The molecule has 0 radical (unpaired) electrons. The van der Waals surface area contributed by atoms with Crippen LogP contribution in [0.2, 0.25) is 0 Å². The number of ether oxygens (including phenoxy) is 1. The number of aromatic amines is 1. The summed E-state index contributed by atoms with van der Waals surface area (Å²) in [6.07, 6.45) is 4.68. The van der Waals surface area contributed by atoms with Gasteiger partial charge in [-0.3, -0.25) is 4.79 Å². The second-order valence-corrected chi connectivity index (χ2v) is 7.52. The Morgan fingerprint density at radius 1 is 1.21 bits per heavy atom. The zero-order chi connectivity index (χ0) is 19.1. The number of aromatic nitrogens is 1. The minimum atomic E-state index is -0.204. The maximum Gasteiger partial charge on any atom is 0.251 e. The summed E-state index contributed by atoms with van der Waals surface area (Å²) in [4.78, 5) is 15.1. The van der Waals surface area contributed by atoms with Gasteiger partial charge in [-0.05, 0) is 67.3 Å². The van der Waals surface area contributed by atoms with Gasteiger partial charge in [-0.25, -0.2) is 4.39 Å². The molecule has 5 nitrogen and oxygen atoms in total. The molecule has 0 bridgehead atoms. The summed E-state index contributed by atoms with van der Waals surface area (Å²) in [5.41, 5.74) is 5.11. The van der Waals surface area contributed by atoms with Crippen molar-refractivity contribution in [3.05, 3.63) is 64.6 Å². The van der Waals surface area contributed by atoms with Crippen molar-refractivity contribution in [2.24, 2.45) is 0 Å². The zero-order valence-electron chi connectivity index (χ0n) is 15.5. The molecule has 0 aliphatic carbocycles. The molecule has 2 aliphatic rings. The maximum absolute atomic E-state index is 13.5. The number of hydrogen-bond donors (Lipinski definition) is 3. The van der Waals surface area contributed by atoms with Crippen LogP contribution in [0.3, 0.4) is 0 Å². The van der Waals surface area contributed by atoms with Gasteiger partial charge >= 0.3 is 0 Å². The van der Waals surface area contributed by atoms with E-state index in [1.165, 1.54) is 6.07 Å². The van der Waals surface area contributed by atoms with Crippen LogP contribution in [0.1, 0.15) is 33.5 Å². The van der Waals surface area contributed by atoms with E-state index >= 15 is 0 Å². The third-order valence-electron chi connectivity index (χ3n) is 5.73. The first-order chi connectivity index (χ1) is 13.7. The number of rotatable bonds is 5. The number of benzene rings is 2. The van der Waals surface area contributed by atoms with Gasteiger partial charge in [-0.15, -0.1) is 0 Å². The topological polar surface area (TPSA) is 66.2 Å². The standard InChI is InChI=1S/C22H22FN3O2/c23-14-3-5-20-17(8-14)13(10-25-20)2-1-7-24-15-9-18-19-11-26-22(27)16(19)4-6-21(18)28-12-15/h3-6,8,10,15,24-25H,1-2,7,9,11-12H2,(H,26,27)/t15-/m0/s1. The highest BCUT2D eigenvalue weighted by molar-refractivity contribution is 5.99. The van der Waals surface area contributed by atoms with E-state index in [0.717, 1.165) is 64.7 Å². The molecule has 144 valence electrons. The maximum atomic E-state index is 13.5. The number of amides is 1. The molecule has 0 unspecified atom stereocenters. The number of halogens is 1. The summed E-state index contributed by atoms with van der Waals surface area (Å²) in [5.74, 6) is 0.696. The van der Waals surface area contributed by atoms with Crippen LogP contribution in [-0.2, 0) is 19.4 Å². The monoisotopic (exact) mass is 379 g/mol. The number of hydrogen-bond acceptors (Lipinski definition) is 3. The molecule has 0 saturated carbocycles. The lowest BCUT2D eigenvalue weighted by Crippen LogP contribution is -2.40. The highest BCUT2D eigenvalue weighted by Crippen LogP contribution is 2.32. The van der Waals surface area contributed by atoms with Gasteiger partial charge in [-0.1, -0.05) is 0 Å². The van der Waals surface area contributed by atoms with Crippen LogP contribution < -0.4 is 15.4 Å². The third-order valence-corrected chi connectivity index (χ3v) is 5.73. The van der Waals surface area contributed by atoms with E-state index in [0.29, 0.717) is 13.2 Å². The molecule has 3 N–H and O–H groups in total. The number of carbonyl (C=O) groups excluding carboxylic acids is 1. The fourth-order valence-corrected chi connectivity index (χ4v) is 4.28. The summed E-state index contributed by atoms with van der Waals surface area (Å²) in [6, 6.07) is 8.85. The summed E-state index contributed by atoms with van der Waals surface area (Å²) >= 11 is 0.